The highest BCUT2D eigenvalue weighted by atomic mass is 19.1. The molecular weight excluding hydrogens is 430 g/mol. The number of carbonyl (C=O) groups excluding carboxylic acids is 2. The van der Waals surface area contributed by atoms with E-state index in [1.165, 1.54) is 6.20 Å². The molecule has 0 saturated heterocycles. The van der Waals surface area contributed by atoms with Gasteiger partial charge in [-0.3, -0.25) is 9.59 Å². The second-order valence-corrected chi connectivity index (χ2v) is 7.52. The molecule has 2 amide bonds. The zero-order valence-electron chi connectivity index (χ0n) is 17.7. The first-order valence-electron chi connectivity index (χ1n) is 10.3. The molecule has 0 aliphatic carbocycles. The average molecular weight is 454 g/mol. The van der Waals surface area contributed by atoms with Crippen LogP contribution in [-0.4, -0.2) is 34.6 Å². The quantitative estimate of drug-likeness (QED) is 0.395. The van der Waals surface area contributed by atoms with E-state index in [4.69, 9.17) is 5.73 Å². The number of nitrogens with two attached hydrogens (primary N) is 1. The van der Waals surface area contributed by atoms with E-state index in [2.05, 4.69) is 15.6 Å². The molecule has 0 aliphatic heterocycles. The molecule has 2 aromatic carbocycles. The Kier molecular flexibility index (Phi) is 8.04. The Bertz CT molecular complexity index is 1070. The fourth-order valence-electron chi connectivity index (χ4n) is 3.24. The number of hydrogen-bond donors (Lipinski definition) is 4. The maximum absolute atomic E-state index is 13.8. The van der Waals surface area contributed by atoms with Gasteiger partial charge in [-0.1, -0.05) is 36.4 Å². The summed E-state index contributed by atoms with van der Waals surface area (Å²) in [6.07, 6.45) is 0.234. The van der Waals surface area contributed by atoms with Crippen molar-refractivity contribution in [2.45, 2.75) is 25.0 Å². The number of aliphatic hydroxyl groups is 1. The van der Waals surface area contributed by atoms with Gasteiger partial charge in [0.15, 0.2) is 0 Å². The smallest absolute Gasteiger partial charge is 0.249 e. The molecule has 0 bridgehead atoms. The first-order chi connectivity index (χ1) is 15.8. The Labute approximate surface area is 189 Å². The first kappa shape index (κ1) is 23.8. The normalized spacial score (nSPS) is 12.6. The molecule has 0 spiro atoms. The second-order valence-electron chi connectivity index (χ2n) is 7.52. The first-order valence-corrected chi connectivity index (χ1v) is 10.3. The fourth-order valence-corrected chi connectivity index (χ4v) is 3.24. The number of anilines is 1. The molecule has 5 N–H and O–H groups in total. The van der Waals surface area contributed by atoms with Crippen LogP contribution in [-0.2, 0) is 22.6 Å². The van der Waals surface area contributed by atoms with Crippen LogP contribution in [0.25, 0.3) is 0 Å². The van der Waals surface area contributed by atoms with Crippen LogP contribution in [0.2, 0.25) is 0 Å². The van der Waals surface area contributed by atoms with Crippen molar-refractivity contribution in [3.05, 3.63) is 95.2 Å². The molecule has 1 heterocycles. The number of rotatable bonds is 9. The van der Waals surface area contributed by atoms with Crippen molar-refractivity contribution in [3.63, 3.8) is 0 Å². The summed E-state index contributed by atoms with van der Waals surface area (Å²) in [5.74, 6) is -3.72. The predicted molar refractivity (Wildman–Crippen MR) is 119 cm³/mol. The lowest BCUT2D eigenvalue weighted by Crippen LogP contribution is -2.41. The maximum Gasteiger partial charge on any atom is 0.249 e. The van der Waals surface area contributed by atoms with E-state index in [0.29, 0.717) is 17.4 Å². The Morgan fingerprint density at radius 2 is 1.64 bits per heavy atom. The third-order valence-electron chi connectivity index (χ3n) is 4.97. The van der Waals surface area contributed by atoms with Crippen LogP contribution in [0.3, 0.4) is 0 Å². The minimum absolute atomic E-state index is 0.0540. The average Bonchev–Trinajstić information content (AvgIpc) is 2.78. The summed E-state index contributed by atoms with van der Waals surface area (Å²) in [5.41, 5.74) is 7.03. The molecule has 33 heavy (non-hydrogen) atoms. The van der Waals surface area contributed by atoms with Gasteiger partial charge in [-0.25, -0.2) is 13.8 Å². The van der Waals surface area contributed by atoms with Gasteiger partial charge in [0, 0.05) is 31.8 Å². The van der Waals surface area contributed by atoms with E-state index in [9.17, 15) is 23.5 Å². The van der Waals surface area contributed by atoms with E-state index >= 15 is 0 Å². The van der Waals surface area contributed by atoms with Crippen LogP contribution in [0.15, 0.2) is 66.9 Å². The molecule has 1 aromatic heterocycles. The number of aromatic nitrogens is 1. The Morgan fingerprint density at radius 3 is 2.27 bits per heavy atom. The van der Waals surface area contributed by atoms with Gasteiger partial charge < -0.3 is 21.5 Å². The standard InChI is InChI=1S/C24H24F2N4O3/c25-18-9-17(10-19(26)11-18)20(23(32)29-13-16-6-7-22(27)28-12-16)14-30-24(33)21(31)8-15-4-2-1-3-5-15/h1-7,9-12,20-21,31H,8,13-14H2,(H2,27,28)(H,29,32)(H,30,33)/t20-,21+/m0/s1. The summed E-state index contributed by atoms with van der Waals surface area (Å²) in [6.45, 7) is -0.162. The summed E-state index contributed by atoms with van der Waals surface area (Å²) in [4.78, 5) is 29.2. The molecule has 0 aliphatic rings. The van der Waals surface area contributed by atoms with E-state index in [1.807, 2.05) is 6.07 Å². The maximum atomic E-state index is 13.8. The minimum atomic E-state index is -1.35. The zero-order chi connectivity index (χ0) is 23.8. The number of hydrogen-bond acceptors (Lipinski definition) is 5. The van der Waals surface area contributed by atoms with Gasteiger partial charge in [-0.2, -0.15) is 0 Å². The molecule has 9 heteroatoms. The van der Waals surface area contributed by atoms with E-state index in [0.717, 1.165) is 17.7 Å². The number of amides is 2. The SMILES string of the molecule is Nc1ccc(CNC(=O)[C@@H](CNC(=O)[C@H](O)Cc2ccccc2)c2cc(F)cc(F)c2)cn1. The summed E-state index contributed by atoms with van der Waals surface area (Å²) < 4.78 is 27.6. The van der Waals surface area contributed by atoms with Gasteiger partial charge in [-0.15, -0.1) is 0 Å². The van der Waals surface area contributed by atoms with E-state index < -0.39 is 35.5 Å². The van der Waals surface area contributed by atoms with Crippen molar-refractivity contribution >= 4 is 17.6 Å². The number of carbonyl (C=O) groups is 2. The number of nitrogens with one attached hydrogen (secondary N) is 2. The number of benzene rings is 2. The highest BCUT2D eigenvalue weighted by molar-refractivity contribution is 5.86. The molecule has 7 nitrogen and oxygen atoms in total. The molecule has 0 saturated carbocycles. The van der Waals surface area contributed by atoms with Crippen molar-refractivity contribution in [1.29, 1.82) is 0 Å². The summed E-state index contributed by atoms with van der Waals surface area (Å²) >= 11 is 0. The Morgan fingerprint density at radius 1 is 0.939 bits per heavy atom. The number of nitrogens with zero attached hydrogens (tertiary/aromatic N) is 1. The number of aliphatic hydroxyl groups excluding tert-OH is 1. The van der Waals surface area contributed by atoms with Crippen molar-refractivity contribution in [2.75, 3.05) is 12.3 Å². The molecule has 3 rings (SSSR count). The number of nitrogen functional groups attached to an aromatic ring is 1. The van der Waals surface area contributed by atoms with Crippen LogP contribution in [0.4, 0.5) is 14.6 Å². The van der Waals surface area contributed by atoms with E-state index in [-0.39, 0.29) is 25.1 Å². The lowest BCUT2D eigenvalue weighted by atomic mass is 9.97. The monoisotopic (exact) mass is 454 g/mol. The number of halogens is 2. The van der Waals surface area contributed by atoms with Gasteiger partial charge >= 0.3 is 0 Å². The van der Waals surface area contributed by atoms with Crippen LogP contribution >= 0.6 is 0 Å². The lowest BCUT2D eigenvalue weighted by molar-refractivity contribution is -0.129. The van der Waals surface area contributed by atoms with Gasteiger partial charge in [-0.05, 0) is 34.9 Å². The molecule has 0 fully saturated rings. The third-order valence-corrected chi connectivity index (χ3v) is 4.97. The highest BCUT2D eigenvalue weighted by Gasteiger charge is 2.24. The van der Waals surface area contributed by atoms with Crippen molar-refractivity contribution in [3.8, 4) is 0 Å². The molecule has 0 unspecified atom stereocenters. The van der Waals surface area contributed by atoms with Crippen LogP contribution in [0.1, 0.15) is 22.6 Å². The predicted octanol–water partition coefficient (Wildman–Crippen LogP) is 2.06. The summed E-state index contributed by atoms with van der Waals surface area (Å²) in [7, 11) is 0. The molecule has 2 atom stereocenters. The van der Waals surface area contributed by atoms with Crippen LogP contribution in [0, 0.1) is 11.6 Å². The second kappa shape index (κ2) is 11.1. The fraction of sp³-hybridized carbons (Fsp3) is 0.208. The Hall–Kier alpha value is -3.85. The summed E-state index contributed by atoms with van der Waals surface area (Å²) in [6, 6.07) is 15.0. The lowest BCUT2D eigenvalue weighted by Gasteiger charge is -2.19. The van der Waals surface area contributed by atoms with Gasteiger partial charge in [0.05, 0.1) is 5.92 Å². The highest BCUT2D eigenvalue weighted by Crippen LogP contribution is 2.19. The van der Waals surface area contributed by atoms with Gasteiger partial charge in [0.2, 0.25) is 11.8 Å². The molecule has 3 aromatic rings. The minimum Gasteiger partial charge on any atom is -0.384 e. The molecule has 0 radical (unpaired) electrons. The van der Waals surface area contributed by atoms with Crippen LogP contribution in [0.5, 0.6) is 0 Å². The van der Waals surface area contributed by atoms with Crippen molar-refractivity contribution < 1.29 is 23.5 Å². The largest absolute Gasteiger partial charge is 0.384 e. The summed E-state index contributed by atoms with van der Waals surface area (Å²) in [5, 5.41) is 15.4. The van der Waals surface area contributed by atoms with Crippen molar-refractivity contribution in [1.82, 2.24) is 15.6 Å². The van der Waals surface area contributed by atoms with E-state index in [1.54, 1.807) is 36.4 Å². The molecular formula is C24H24F2N4O3. The van der Waals surface area contributed by atoms with Crippen LogP contribution < -0.4 is 16.4 Å². The Balaban J connectivity index is 1.69. The van der Waals surface area contributed by atoms with Gasteiger partial charge in [0.1, 0.15) is 23.6 Å². The number of pyridine rings is 1. The molecule has 172 valence electrons. The topological polar surface area (TPSA) is 117 Å². The van der Waals surface area contributed by atoms with Crippen molar-refractivity contribution in [2.24, 2.45) is 0 Å². The van der Waals surface area contributed by atoms with Gasteiger partial charge in [0.25, 0.3) is 0 Å². The zero-order valence-corrected chi connectivity index (χ0v) is 17.7. The third kappa shape index (κ3) is 7.08.